The van der Waals surface area contributed by atoms with E-state index in [2.05, 4.69) is 20.2 Å². The molecule has 0 atom stereocenters. The van der Waals surface area contributed by atoms with Gasteiger partial charge in [0.25, 0.3) is 0 Å². The number of pyridine rings is 1. The third-order valence-corrected chi connectivity index (χ3v) is 4.83. The van der Waals surface area contributed by atoms with E-state index in [1.807, 2.05) is 16.7 Å². The molecule has 0 saturated heterocycles. The molecule has 7 heteroatoms. The molecule has 3 aromatic rings. The van der Waals surface area contributed by atoms with E-state index in [1.165, 1.54) is 19.3 Å². The highest BCUT2D eigenvalue weighted by atomic mass is 32.1. The molecule has 1 aliphatic rings. The molecule has 6 nitrogen and oxygen atoms in total. The number of H-pyrrole nitrogens is 2. The number of aromatic amines is 2. The zero-order valence-corrected chi connectivity index (χ0v) is 13.4. The van der Waals surface area contributed by atoms with Gasteiger partial charge in [0.2, 0.25) is 11.6 Å². The summed E-state index contributed by atoms with van der Waals surface area (Å²) in [6, 6.07) is 3.97. The number of rotatable bonds is 3. The van der Waals surface area contributed by atoms with Crippen molar-refractivity contribution in [2.24, 2.45) is 0 Å². The second-order valence-corrected chi connectivity index (χ2v) is 6.33. The van der Waals surface area contributed by atoms with E-state index in [9.17, 15) is 4.79 Å². The average molecular weight is 327 g/mol. The molecule has 0 aromatic carbocycles. The minimum absolute atomic E-state index is 0.123. The van der Waals surface area contributed by atoms with Crippen LogP contribution in [0.3, 0.4) is 0 Å². The molecular weight excluding hydrogens is 310 g/mol. The fourth-order valence-electron chi connectivity index (χ4n) is 3.41. The number of nitrogens with zero attached hydrogens (tertiary/aromatic N) is 3. The van der Waals surface area contributed by atoms with E-state index in [0.29, 0.717) is 21.8 Å². The third-order valence-electron chi connectivity index (χ3n) is 4.54. The van der Waals surface area contributed by atoms with Gasteiger partial charge in [0.05, 0.1) is 5.56 Å². The molecule has 1 fully saturated rings. The molecule has 1 aliphatic carbocycles. The SMILES string of the molecule is O=C(c1c[nH]c2ncccc12)c1n[nH]c(=S)n1C1CCCCC1. The van der Waals surface area contributed by atoms with Crippen LogP contribution in [0.25, 0.3) is 11.0 Å². The van der Waals surface area contributed by atoms with Gasteiger partial charge in [0.15, 0.2) is 4.77 Å². The van der Waals surface area contributed by atoms with Gasteiger partial charge in [-0.3, -0.25) is 14.5 Å². The molecule has 1 saturated carbocycles. The molecule has 0 bridgehead atoms. The lowest BCUT2D eigenvalue weighted by atomic mass is 9.95. The van der Waals surface area contributed by atoms with Gasteiger partial charge >= 0.3 is 0 Å². The van der Waals surface area contributed by atoms with Crippen molar-refractivity contribution in [2.45, 2.75) is 38.1 Å². The first-order valence-corrected chi connectivity index (χ1v) is 8.30. The van der Waals surface area contributed by atoms with Gasteiger partial charge in [0, 0.05) is 23.8 Å². The molecule has 2 N–H and O–H groups in total. The first kappa shape index (κ1) is 14.3. The van der Waals surface area contributed by atoms with Crippen LogP contribution in [0, 0.1) is 4.77 Å². The molecule has 0 spiro atoms. The first-order chi connectivity index (χ1) is 11.3. The van der Waals surface area contributed by atoms with Crippen molar-refractivity contribution in [1.82, 2.24) is 24.7 Å². The maximum atomic E-state index is 13.0. The Morgan fingerprint density at radius 3 is 2.96 bits per heavy atom. The van der Waals surface area contributed by atoms with Crippen LogP contribution in [0.2, 0.25) is 0 Å². The summed E-state index contributed by atoms with van der Waals surface area (Å²) in [7, 11) is 0. The number of ketones is 1. The predicted octanol–water partition coefficient (Wildman–Crippen LogP) is 3.55. The second-order valence-electron chi connectivity index (χ2n) is 5.95. The third kappa shape index (κ3) is 2.41. The van der Waals surface area contributed by atoms with Gasteiger partial charge in [-0.25, -0.2) is 4.98 Å². The Balaban J connectivity index is 1.79. The van der Waals surface area contributed by atoms with E-state index in [4.69, 9.17) is 12.2 Å². The van der Waals surface area contributed by atoms with Gasteiger partial charge < -0.3 is 4.98 Å². The highest BCUT2D eigenvalue weighted by molar-refractivity contribution is 7.71. The highest BCUT2D eigenvalue weighted by Gasteiger charge is 2.25. The Morgan fingerprint density at radius 1 is 1.30 bits per heavy atom. The number of hydrogen-bond acceptors (Lipinski definition) is 4. The summed E-state index contributed by atoms with van der Waals surface area (Å²) in [4.78, 5) is 20.3. The molecule has 118 valence electrons. The molecule has 0 radical (unpaired) electrons. The van der Waals surface area contributed by atoms with E-state index in [1.54, 1.807) is 12.4 Å². The van der Waals surface area contributed by atoms with Gasteiger partial charge in [-0.1, -0.05) is 19.3 Å². The summed E-state index contributed by atoms with van der Waals surface area (Å²) in [5, 5.41) is 7.82. The molecule has 23 heavy (non-hydrogen) atoms. The molecule has 0 amide bonds. The second kappa shape index (κ2) is 5.73. The zero-order chi connectivity index (χ0) is 15.8. The lowest BCUT2D eigenvalue weighted by Gasteiger charge is -2.23. The standard InChI is InChI=1S/C16H17N5OS/c22-13(12-9-18-14-11(12)7-4-8-17-14)15-19-20-16(23)21(15)10-5-2-1-3-6-10/h4,7-10H,1-3,5-6H2,(H,17,18)(H,20,23). The van der Waals surface area contributed by atoms with Crippen molar-refractivity contribution in [3.63, 3.8) is 0 Å². The number of hydrogen-bond donors (Lipinski definition) is 2. The fraction of sp³-hybridized carbons (Fsp3) is 0.375. The van der Waals surface area contributed by atoms with Crippen molar-refractivity contribution in [3.05, 3.63) is 40.7 Å². The van der Waals surface area contributed by atoms with Crippen molar-refractivity contribution in [2.75, 3.05) is 0 Å². The van der Waals surface area contributed by atoms with Crippen LogP contribution in [0.5, 0.6) is 0 Å². The van der Waals surface area contributed by atoms with Crippen LogP contribution >= 0.6 is 12.2 Å². The number of carbonyl (C=O) groups is 1. The number of aromatic nitrogens is 5. The van der Waals surface area contributed by atoms with Gasteiger partial charge in [-0.05, 0) is 37.2 Å². The molecule has 3 aromatic heterocycles. The molecular formula is C16H17N5OS. The highest BCUT2D eigenvalue weighted by Crippen LogP contribution is 2.30. The maximum Gasteiger partial charge on any atom is 0.232 e. The zero-order valence-electron chi connectivity index (χ0n) is 12.6. The van der Waals surface area contributed by atoms with Crippen LogP contribution in [0.15, 0.2) is 24.5 Å². The Kier molecular flexibility index (Phi) is 3.57. The summed E-state index contributed by atoms with van der Waals surface area (Å²) in [6.45, 7) is 0. The monoisotopic (exact) mass is 327 g/mol. The molecule has 0 aliphatic heterocycles. The minimum Gasteiger partial charge on any atom is -0.345 e. The maximum absolute atomic E-state index is 13.0. The average Bonchev–Trinajstić information content (AvgIpc) is 3.19. The molecule has 3 heterocycles. The molecule has 4 rings (SSSR count). The summed E-state index contributed by atoms with van der Waals surface area (Å²) < 4.78 is 2.43. The molecule has 0 unspecified atom stereocenters. The number of fused-ring (bicyclic) bond motifs is 1. The smallest absolute Gasteiger partial charge is 0.232 e. The quantitative estimate of drug-likeness (QED) is 0.569. The Bertz CT molecular complexity index is 916. The number of nitrogens with one attached hydrogen (secondary N) is 2. The van der Waals surface area contributed by atoms with E-state index >= 15 is 0 Å². The Morgan fingerprint density at radius 2 is 2.13 bits per heavy atom. The normalized spacial score (nSPS) is 16.0. The van der Waals surface area contributed by atoms with Crippen LogP contribution in [-0.2, 0) is 0 Å². The summed E-state index contributed by atoms with van der Waals surface area (Å²) in [5.41, 5.74) is 1.29. The largest absolute Gasteiger partial charge is 0.345 e. The van der Waals surface area contributed by atoms with Crippen LogP contribution < -0.4 is 0 Å². The van der Waals surface area contributed by atoms with Gasteiger partial charge in [-0.2, -0.15) is 5.10 Å². The van der Waals surface area contributed by atoms with E-state index in [-0.39, 0.29) is 11.8 Å². The van der Waals surface area contributed by atoms with Crippen LogP contribution in [-0.4, -0.2) is 30.5 Å². The lowest BCUT2D eigenvalue weighted by Crippen LogP contribution is -2.19. The van der Waals surface area contributed by atoms with Crippen LogP contribution in [0.1, 0.15) is 54.3 Å². The van der Waals surface area contributed by atoms with E-state index in [0.717, 1.165) is 18.2 Å². The summed E-state index contributed by atoms with van der Waals surface area (Å²) >= 11 is 5.37. The predicted molar refractivity (Wildman–Crippen MR) is 89.1 cm³/mol. The topological polar surface area (TPSA) is 79.4 Å². The Labute approximate surface area is 137 Å². The fourth-order valence-corrected chi connectivity index (χ4v) is 3.69. The van der Waals surface area contributed by atoms with E-state index < -0.39 is 0 Å². The van der Waals surface area contributed by atoms with Crippen LogP contribution in [0.4, 0.5) is 0 Å². The van der Waals surface area contributed by atoms with Crippen molar-refractivity contribution < 1.29 is 4.79 Å². The minimum atomic E-state index is -0.123. The Hall–Kier alpha value is -2.28. The summed E-state index contributed by atoms with van der Waals surface area (Å²) in [5.74, 6) is 0.272. The van der Waals surface area contributed by atoms with Gasteiger partial charge in [-0.15, -0.1) is 0 Å². The van der Waals surface area contributed by atoms with Gasteiger partial charge in [0.1, 0.15) is 5.65 Å². The van der Waals surface area contributed by atoms with Crippen molar-refractivity contribution in [1.29, 1.82) is 0 Å². The number of carbonyl (C=O) groups excluding carboxylic acids is 1. The summed E-state index contributed by atoms with van der Waals surface area (Å²) in [6.07, 6.45) is 9.07. The lowest BCUT2D eigenvalue weighted by molar-refractivity contribution is 0.102. The van der Waals surface area contributed by atoms with Crippen molar-refractivity contribution >= 4 is 29.0 Å². The first-order valence-electron chi connectivity index (χ1n) is 7.89. The van der Waals surface area contributed by atoms with Crippen molar-refractivity contribution in [3.8, 4) is 0 Å².